The molecular formula is C21H36O7. The van der Waals surface area contributed by atoms with Gasteiger partial charge in [0.15, 0.2) is 0 Å². The smallest absolute Gasteiger partial charge is 0.330 e. The second-order valence-corrected chi connectivity index (χ2v) is 7.66. The Labute approximate surface area is 167 Å². The van der Waals surface area contributed by atoms with E-state index >= 15 is 0 Å². The van der Waals surface area contributed by atoms with Crippen molar-refractivity contribution in [3.63, 3.8) is 0 Å². The summed E-state index contributed by atoms with van der Waals surface area (Å²) in [7, 11) is 0. The van der Waals surface area contributed by atoms with Gasteiger partial charge in [0, 0.05) is 12.0 Å². The zero-order chi connectivity index (χ0) is 21.3. The summed E-state index contributed by atoms with van der Waals surface area (Å²) in [6.45, 7) is 7.63. The summed E-state index contributed by atoms with van der Waals surface area (Å²) in [5, 5.41) is 40.7. The topological polar surface area (TPSA) is 116 Å². The quantitative estimate of drug-likeness (QED) is 0.189. The van der Waals surface area contributed by atoms with Crippen molar-refractivity contribution in [1.82, 2.24) is 0 Å². The van der Waals surface area contributed by atoms with Crippen LogP contribution in [0.25, 0.3) is 0 Å². The van der Waals surface area contributed by atoms with E-state index in [9.17, 15) is 25.2 Å². The third kappa shape index (κ3) is 7.64. The number of esters is 1. The number of aliphatic hydroxyl groups excluding tert-OH is 4. The van der Waals surface area contributed by atoms with E-state index in [1.165, 1.54) is 6.08 Å². The molecule has 0 aromatic heterocycles. The molecule has 28 heavy (non-hydrogen) atoms. The maximum atomic E-state index is 11.7. The number of hydrogen-bond acceptors (Lipinski definition) is 7. The Morgan fingerprint density at radius 2 is 1.93 bits per heavy atom. The predicted molar refractivity (Wildman–Crippen MR) is 105 cm³/mol. The molecule has 1 aliphatic heterocycles. The van der Waals surface area contributed by atoms with Crippen molar-refractivity contribution < 1.29 is 34.7 Å². The van der Waals surface area contributed by atoms with Crippen LogP contribution in [0.1, 0.15) is 47.0 Å². The first-order valence-electron chi connectivity index (χ1n) is 10.0. The molecule has 7 heteroatoms. The van der Waals surface area contributed by atoms with Crippen molar-refractivity contribution in [3.8, 4) is 0 Å². The van der Waals surface area contributed by atoms with Gasteiger partial charge < -0.3 is 29.9 Å². The Morgan fingerprint density at radius 3 is 2.54 bits per heavy atom. The SMILES string of the molecule is CCCCOC(=O)/C=C(\C)C(O)C1OCC(C/C=C/C(C)C(C)O)C(O)C1O. The van der Waals surface area contributed by atoms with Crippen LogP contribution in [0.3, 0.4) is 0 Å². The van der Waals surface area contributed by atoms with Crippen LogP contribution in [-0.2, 0) is 14.3 Å². The van der Waals surface area contributed by atoms with E-state index < -0.39 is 36.5 Å². The van der Waals surface area contributed by atoms with Gasteiger partial charge in [-0.1, -0.05) is 32.4 Å². The van der Waals surface area contributed by atoms with Gasteiger partial charge in [-0.25, -0.2) is 4.79 Å². The summed E-state index contributed by atoms with van der Waals surface area (Å²) >= 11 is 0. The molecule has 7 nitrogen and oxygen atoms in total. The normalized spacial score (nSPS) is 29.5. The molecule has 4 N–H and O–H groups in total. The molecule has 1 saturated heterocycles. The van der Waals surface area contributed by atoms with Gasteiger partial charge in [0.25, 0.3) is 0 Å². The van der Waals surface area contributed by atoms with Crippen molar-refractivity contribution in [1.29, 1.82) is 0 Å². The lowest BCUT2D eigenvalue weighted by Gasteiger charge is -2.39. The van der Waals surface area contributed by atoms with Gasteiger partial charge in [0.2, 0.25) is 0 Å². The molecule has 0 amide bonds. The molecule has 0 aromatic rings. The summed E-state index contributed by atoms with van der Waals surface area (Å²) in [6, 6.07) is 0. The first-order chi connectivity index (χ1) is 13.2. The van der Waals surface area contributed by atoms with E-state index in [0.29, 0.717) is 18.6 Å². The molecular weight excluding hydrogens is 364 g/mol. The Balaban J connectivity index is 2.62. The van der Waals surface area contributed by atoms with Gasteiger partial charge in [-0.2, -0.15) is 0 Å². The van der Waals surface area contributed by atoms with Crippen LogP contribution in [0.5, 0.6) is 0 Å². The van der Waals surface area contributed by atoms with Crippen LogP contribution >= 0.6 is 0 Å². The second-order valence-electron chi connectivity index (χ2n) is 7.66. The molecule has 1 fully saturated rings. The fraction of sp³-hybridized carbons (Fsp3) is 0.762. The molecule has 0 spiro atoms. The number of carbonyl (C=O) groups excluding carboxylic acids is 1. The largest absolute Gasteiger partial charge is 0.463 e. The summed E-state index contributed by atoms with van der Waals surface area (Å²) in [4.78, 5) is 11.7. The Kier molecular flexibility index (Phi) is 10.9. The summed E-state index contributed by atoms with van der Waals surface area (Å²) in [6.07, 6.45) is 2.01. The number of carbonyl (C=O) groups is 1. The number of aliphatic hydroxyl groups is 4. The Bertz CT molecular complexity index is 529. The molecule has 1 aliphatic rings. The number of allylic oxidation sites excluding steroid dienone is 1. The minimum Gasteiger partial charge on any atom is -0.463 e. The van der Waals surface area contributed by atoms with Crippen molar-refractivity contribution in [3.05, 3.63) is 23.8 Å². The maximum absolute atomic E-state index is 11.7. The molecule has 0 bridgehead atoms. The lowest BCUT2D eigenvalue weighted by molar-refractivity contribution is -0.187. The lowest BCUT2D eigenvalue weighted by Crippen LogP contribution is -2.54. The van der Waals surface area contributed by atoms with Crippen LogP contribution in [0.4, 0.5) is 0 Å². The molecule has 0 saturated carbocycles. The highest BCUT2D eigenvalue weighted by molar-refractivity contribution is 5.82. The zero-order valence-electron chi connectivity index (χ0n) is 17.3. The minimum atomic E-state index is -1.28. The summed E-state index contributed by atoms with van der Waals surface area (Å²) < 4.78 is 10.6. The van der Waals surface area contributed by atoms with E-state index in [-0.39, 0.29) is 18.4 Å². The van der Waals surface area contributed by atoms with E-state index in [1.807, 2.05) is 26.0 Å². The summed E-state index contributed by atoms with van der Waals surface area (Å²) in [5.41, 5.74) is 0.307. The standard InChI is InChI=1S/C21H36O7/c1-5-6-10-27-17(23)11-14(3)18(24)21-20(26)19(25)16(12-28-21)9-7-8-13(2)15(4)22/h7-8,11,13,15-16,18-22,24-26H,5-6,9-10,12H2,1-4H3/b8-7+,14-11+. The van der Waals surface area contributed by atoms with Crippen molar-refractivity contribution in [2.45, 2.75) is 77.5 Å². The first kappa shape index (κ1) is 24.8. The van der Waals surface area contributed by atoms with Gasteiger partial charge in [0.05, 0.1) is 25.4 Å². The van der Waals surface area contributed by atoms with Crippen LogP contribution in [0, 0.1) is 11.8 Å². The van der Waals surface area contributed by atoms with Crippen molar-refractivity contribution in [2.75, 3.05) is 13.2 Å². The van der Waals surface area contributed by atoms with Gasteiger partial charge in [-0.3, -0.25) is 0 Å². The number of rotatable bonds is 10. The number of unbranched alkanes of at least 4 members (excludes halogenated alkanes) is 1. The van der Waals surface area contributed by atoms with Crippen LogP contribution < -0.4 is 0 Å². The third-order valence-corrected chi connectivity index (χ3v) is 5.18. The molecule has 1 rings (SSSR count). The number of ether oxygens (including phenoxy) is 2. The van der Waals surface area contributed by atoms with Crippen LogP contribution in [0.15, 0.2) is 23.8 Å². The summed E-state index contributed by atoms with van der Waals surface area (Å²) in [5.74, 6) is -0.878. The second kappa shape index (κ2) is 12.3. The zero-order valence-corrected chi connectivity index (χ0v) is 17.3. The average Bonchev–Trinajstić information content (AvgIpc) is 2.64. The molecule has 7 unspecified atom stereocenters. The van der Waals surface area contributed by atoms with Gasteiger partial charge in [0.1, 0.15) is 18.3 Å². The molecule has 1 heterocycles. The molecule has 0 aliphatic carbocycles. The lowest BCUT2D eigenvalue weighted by atomic mass is 9.86. The maximum Gasteiger partial charge on any atom is 0.330 e. The highest BCUT2D eigenvalue weighted by Crippen LogP contribution is 2.27. The average molecular weight is 401 g/mol. The highest BCUT2D eigenvalue weighted by Gasteiger charge is 2.41. The fourth-order valence-corrected chi connectivity index (χ4v) is 2.91. The molecule has 0 radical (unpaired) electrons. The molecule has 7 atom stereocenters. The fourth-order valence-electron chi connectivity index (χ4n) is 2.91. The van der Waals surface area contributed by atoms with Crippen molar-refractivity contribution >= 4 is 5.97 Å². The van der Waals surface area contributed by atoms with Crippen LogP contribution in [-0.4, -0.2) is 70.1 Å². The molecule has 0 aromatic carbocycles. The predicted octanol–water partition coefficient (Wildman–Crippen LogP) is 1.34. The van der Waals surface area contributed by atoms with Gasteiger partial charge in [-0.05, 0) is 38.2 Å². The Morgan fingerprint density at radius 1 is 1.25 bits per heavy atom. The third-order valence-electron chi connectivity index (χ3n) is 5.18. The van der Waals surface area contributed by atoms with Gasteiger partial charge >= 0.3 is 5.97 Å². The minimum absolute atomic E-state index is 0.00832. The van der Waals surface area contributed by atoms with Crippen molar-refractivity contribution in [2.24, 2.45) is 11.8 Å². The number of hydrogen-bond donors (Lipinski definition) is 4. The monoisotopic (exact) mass is 400 g/mol. The highest BCUT2D eigenvalue weighted by atomic mass is 16.5. The van der Waals surface area contributed by atoms with E-state index in [0.717, 1.165) is 12.8 Å². The van der Waals surface area contributed by atoms with Gasteiger partial charge in [-0.15, -0.1) is 0 Å². The van der Waals surface area contributed by atoms with E-state index in [1.54, 1.807) is 13.8 Å². The van der Waals surface area contributed by atoms with E-state index in [4.69, 9.17) is 9.47 Å². The Hall–Kier alpha value is -1.25. The molecule has 162 valence electrons. The van der Waals surface area contributed by atoms with E-state index in [2.05, 4.69) is 0 Å². The first-order valence-corrected chi connectivity index (χ1v) is 10.0. The van der Waals surface area contributed by atoms with Crippen LogP contribution in [0.2, 0.25) is 0 Å².